The first kappa shape index (κ1) is 17.1. The maximum Gasteiger partial charge on any atom is 0.229 e. The van der Waals surface area contributed by atoms with E-state index in [4.69, 9.17) is 0 Å². The Kier molecular flexibility index (Phi) is 4.83. The van der Waals surface area contributed by atoms with Gasteiger partial charge in [0.1, 0.15) is 11.6 Å². The third kappa shape index (κ3) is 4.05. The average Bonchev–Trinajstić information content (AvgIpc) is 2.53. The molecule has 5 heteroatoms. The van der Waals surface area contributed by atoms with Crippen LogP contribution >= 0.6 is 0 Å². The number of benzene rings is 2. The van der Waals surface area contributed by atoms with Crippen molar-refractivity contribution in [2.45, 2.75) is 33.7 Å². The van der Waals surface area contributed by atoms with Gasteiger partial charge in [-0.05, 0) is 55.7 Å². The number of para-hydroxylation sites is 1. The van der Waals surface area contributed by atoms with Gasteiger partial charge in [-0.25, -0.2) is 9.37 Å². The molecule has 0 fully saturated rings. The lowest BCUT2D eigenvalue weighted by Crippen LogP contribution is -2.22. The highest BCUT2D eigenvalue weighted by molar-refractivity contribution is 5.90. The predicted octanol–water partition coefficient (Wildman–Crippen LogP) is 5.28. The van der Waals surface area contributed by atoms with Gasteiger partial charge in [0.2, 0.25) is 5.95 Å². The number of hydrogen-bond donors (Lipinski definition) is 2. The first-order chi connectivity index (χ1) is 11.9. The Morgan fingerprint density at radius 2 is 1.76 bits per heavy atom. The first-order valence-electron chi connectivity index (χ1n) is 8.50. The van der Waals surface area contributed by atoms with E-state index in [0.29, 0.717) is 17.6 Å². The fourth-order valence-corrected chi connectivity index (χ4v) is 2.56. The Balaban J connectivity index is 2.00. The van der Waals surface area contributed by atoms with Crippen molar-refractivity contribution in [2.75, 3.05) is 10.6 Å². The molecule has 0 saturated heterocycles. The summed E-state index contributed by atoms with van der Waals surface area (Å²) >= 11 is 0. The van der Waals surface area contributed by atoms with E-state index in [1.54, 1.807) is 0 Å². The van der Waals surface area contributed by atoms with Gasteiger partial charge in [-0.2, -0.15) is 4.98 Å². The highest BCUT2D eigenvalue weighted by Gasteiger charge is 2.13. The molecule has 0 radical (unpaired) electrons. The minimum absolute atomic E-state index is 0.266. The fraction of sp³-hybridized carbons (Fsp3) is 0.300. The number of fused-ring (bicyclic) bond motifs is 1. The van der Waals surface area contributed by atoms with Crippen molar-refractivity contribution in [2.24, 2.45) is 5.92 Å². The molecule has 0 aliphatic heterocycles. The third-order valence-electron chi connectivity index (χ3n) is 4.27. The lowest BCUT2D eigenvalue weighted by atomic mass is 10.1. The lowest BCUT2D eigenvalue weighted by Gasteiger charge is -2.20. The summed E-state index contributed by atoms with van der Waals surface area (Å²) in [5.41, 5.74) is 2.32. The topological polar surface area (TPSA) is 49.8 Å². The van der Waals surface area contributed by atoms with Crippen molar-refractivity contribution in [3.8, 4) is 0 Å². The molecule has 0 bridgehead atoms. The van der Waals surface area contributed by atoms with Crippen LogP contribution in [-0.4, -0.2) is 16.0 Å². The molecule has 2 N–H and O–H groups in total. The first-order valence-corrected chi connectivity index (χ1v) is 8.50. The molecule has 2 aromatic carbocycles. The standard InChI is InChI=1S/C20H23FN4/c1-12(2)14(4)22-19-17-7-5-6-8-18(17)24-20(25-19)23-16-10-13(3)9-15(21)11-16/h5-12,14H,1-4H3,(H2,22,23,24,25)/t14-/m1/s1. The van der Waals surface area contributed by atoms with Crippen LogP contribution in [0.25, 0.3) is 10.9 Å². The number of halogens is 1. The van der Waals surface area contributed by atoms with E-state index >= 15 is 0 Å². The summed E-state index contributed by atoms with van der Waals surface area (Å²) in [5, 5.41) is 7.55. The number of nitrogens with one attached hydrogen (secondary N) is 2. The highest BCUT2D eigenvalue weighted by Crippen LogP contribution is 2.25. The van der Waals surface area contributed by atoms with Crippen LogP contribution in [0.4, 0.5) is 21.8 Å². The monoisotopic (exact) mass is 338 g/mol. The van der Waals surface area contributed by atoms with Crippen molar-refractivity contribution in [3.05, 3.63) is 53.8 Å². The number of rotatable bonds is 5. The summed E-state index contributed by atoms with van der Waals surface area (Å²) in [6.07, 6.45) is 0. The molecule has 3 aromatic rings. The van der Waals surface area contributed by atoms with Crippen LogP contribution in [-0.2, 0) is 0 Å². The van der Waals surface area contributed by atoms with Gasteiger partial charge < -0.3 is 10.6 Å². The summed E-state index contributed by atoms with van der Waals surface area (Å²) < 4.78 is 13.6. The number of aromatic nitrogens is 2. The van der Waals surface area contributed by atoms with Crippen molar-refractivity contribution in [1.82, 2.24) is 9.97 Å². The summed E-state index contributed by atoms with van der Waals surface area (Å²) in [4.78, 5) is 9.18. The largest absolute Gasteiger partial charge is 0.367 e. The van der Waals surface area contributed by atoms with Crippen LogP contribution < -0.4 is 10.6 Å². The average molecular weight is 338 g/mol. The Labute approximate surface area is 147 Å². The van der Waals surface area contributed by atoms with E-state index in [1.807, 2.05) is 37.3 Å². The molecule has 0 aliphatic rings. The zero-order chi connectivity index (χ0) is 18.0. The Bertz CT molecular complexity index is 872. The highest BCUT2D eigenvalue weighted by atomic mass is 19.1. The Hall–Kier alpha value is -2.69. The van der Waals surface area contributed by atoms with Crippen LogP contribution in [0.1, 0.15) is 26.3 Å². The van der Waals surface area contributed by atoms with Gasteiger partial charge in [0.25, 0.3) is 0 Å². The summed E-state index contributed by atoms with van der Waals surface area (Å²) in [6, 6.07) is 12.9. The van der Waals surface area contributed by atoms with E-state index in [2.05, 4.69) is 41.4 Å². The maximum absolute atomic E-state index is 13.6. The molecule has 130 valence electrons. The molecule has 4 nitrogen and oxygen atoms in total. The van der Waals surface area contributed by atoms with Crippen molar-refractivity contribution < 1.29 is 4.39 Å². The van der Waals surface area contributed by atoms with Gasteiger partial charge in [-0.15, -0.1) is 0 Å². The second-order valence-corrected chi connectivity index (χ2v) is 6.73. The van der Waals surface area contributed by atoms with Gasteiger partial charge >= 0.3 is 0 Å². The minimum Gasteiger partial charge on any atom is -0.367 e. The van der Waals surface area contributed by atoms with E-state index < -0.39 is 0 Å². The molecular formula is C20H23FN4. The quantitative estimate of drug-likeness (QED) is 0.665. The van der Waals surface area contributed by atoms with Crippen LogP contribution in [0.3, 0.4) is 0 Å². The zero-order valence-electron chi connectivity index (χ0n) is 15.0. The fourth-order valence-electron chi connectivity index (χ4n) is 2.56. The normalized spacial score (nSPS) is 12.4. The molecule has 0 spiro atoms. The van der Waals surface area contributed by atoms with E-state index in [0.717, 1.165) is 22.3 Å². The van der Waals surface area contributed by atoms with E-state index in [-0.39, 0.29) is 11.9 Å². The maximum atomic E-state index is 13.6. The molecule has 25 heavy (non-hydrogen) atoms. The second-order valence-electron chi connectivity index (χ2n) is 6.73. The molecule has 1 atom stereocenters. The summed E-state index contributed by atoms with van der Waals surface area (Å²) in [7, 11) is 0. The number of aryl methyl sites for hydroxylation is 1. The van der Waals surface area contributed by atoms with Crippen molar-refractivity contribution >= 4 is 28.4 Å². The van der Waals surface area contributed by atoms with Gasteiger partial charge in [-0.1, -0.05) is 26.0 Å². The smallest absolute Gasteiger partial charge is 0.229 e. The van der Waals surface area contributed by atoms with Crippen molar-refractivity contribution in [3.63, 3.8) is 0 Å². The second kappa shape index (κ2) is 7.05. The van der Waals surface area contributed by atoms with Crippen LogP contribution in [0.5, 0.6) is 0 Å². The Morgan fingerprint density at radius 1 is 1.00 bits per heavy atom. The van der Waals surface area contributed by atoms with E-state index in [1.165, 1.54) is 12.1 Å². The molecule has 0 amide bonds. The summed E-state index contributed by atoms with van der Waals surface area (Å²) in [6.45, 7) is 8.31. The SMILES string of the molecule is Cc1cc(F)cc(Nc2nc(N[C@H](C)C(C)C)c3ccccc3n2)c1. The predicted molar refractivity (Wildman–Crippen MR) is 102 cm³/mol. The number of anilines is 3. The van der Waals surface area contributed by atoms with Gasteiger partial charge in [-0.3, -0.25) is 0 Å². The zero-order valence-corrected chi connectivity index (χ0v) is 15.0. The van der Waals surface area contributed by atoms with E-state index in [9.17, 15) is 4.39 Å². The van der Waals surface area contributed by atoms with Gasteiger partial charge in [0.15, 0.2) is 0 Å². The molecule has 0 saturated carbocycles. The van der Waals surface area contributed by atoms with Crippen molar-refractivity contribution in [1.29, 1.82) is 0 Å². The van der Waals surface area contributed by atoms with Crippen LogP contribution in [0.15, 0.2) is 42.5 Å². The van der Waals surface area contributed by atoms with Crippen LogP contribution in [0, 0.1) is 18.7 Å². The molecule has 1 heterocycles. The number of hydrogen-bond acceptors (Lipinski definition) is 4. The summed E-state index contributed by atoms with van der Waals surface area (Å²) in [5.74, 6) is 1.41. The van der Waals surface area contributed by atoms with Gasteiger partial charge in [0.05, 0.1) is 5.52 Å². The number of nitrogens with zero attached hydrogens (tertiary/aromatic N) is 2. The molecular weight excluding hydrogens is 315 g/mol. The molecule has 0 unspecified atom stereocenters. The van der Waals surface area contributed by atoms with Gasteiger partial charge in [0, 0.05) is 17.1 Å². The Morgan fingerprint density at radius 3 is 2.48 bits per heavy atom. The van der Waals surface area contributed by atoms with Crippen LogP contribution in [0.2, 0.25) is 0 Å². The minimum atomic E-state index is -0.282. The third-order valence-corrected chi connectivity index (χ3v) is 4.27. The lowest BCUT2D eigenvalue weighted by molar-refractivity contribution is 0.559. The molecule has 1 aromatic heterocycles. The molecule has 3 rings (SSSR count). The molecule has 0 aliphatic carbocycles.